The van der Waals surface area contributed by atoms with Crippen LogP contribution < -0.4 is 0 Å². The van der Waals surface area contributed by atoms with Crippen molar-refractivity contribution in [1.29, 1.82) is 0 Å². The molecule has 0 aliphatic carbocycles. The van der Waals surface area contributed by atoms with Crippen LogP contribution in [0.2, 0.25) is 0 Å². The second-order valence-electron chi connectivity index (χ2n) is 4.41. The van der Waals surface area contributed by atoms with Gasteiger partial charge in [0.2, 0.25) is 0 Å². The standard InChI is InChI=1S/C14H16N2O3S/c17-13(18)5-3-11-2-4-12(15-10-11)14(19)16-6-1-8-20-9-7-16/h2-5,10H,1,6-9H2,(H,17,18). The van der Waals surface area contributed by atoms with Gasteiger partial charge in [-0.15, -0.1) is 0 Å². The fourth-order valence-electron chi connectivity index (χ4n) is 1.91. The molecule has 0 unspecified atom stereocenters. The Morgan fingerprint density at radius 1 is 1.30 bits per heavy atom. The molecule has 0 spiro atoms. The molecular formula is C14H16N2O3S. The lowest BCUT2D eigenvalue weighted by molar-refractivity contribution is -0.131. The normalized spacial score (nSPS) is 16.1. The Balaban J connectivity index is 2.04. The number of nitrogens with zero attached hydrogens (tertiary/aromatic N) is 2. The fourth-order valence-corrected chi connectivity index (χ4v) is 2.80. The largest absolute Gasteiger partial charge is 0.478 e. The number of amides is 1. The van der Waals surface area contributed by atoms with Crippen LogP contribution in [0.1, 0.15) is 22.5 Å². The summed E-state index contributed by atoms with van der Waals surface area (Å²) in [6.07, 6.45) is 5.02. The van der Waals surface area contributed by atoms with Crippen molar-refractivity contribution in [3.63, 3.8) is 0 Å². The van der Waals surface area contributed by atoms with Gasteiger partial charge in [0.1, 0.15) is 5.69 Å². The first-order chi connectivity index (χ1) is 9.66. The average Bonchev–Trinajstić information content (AvgIpc) is 2.74. The lowest BCUT2D eigenvalue weighted by atomic mass is 10.2. The Morgan fingerprint density at radius 2 is 2.15 bits per heavy atom. The van der Waals surface area contributed by atoms with Crippen LogP contribution in [0, 0.1) is 0 Å². The van der Waals surface area contributed by atoms with Crippen molar-refractivity contribution in [3.05, 3.63) is 35.7 Å². The number of carbonyl (C=O) groups is 2. The number of hydrogen-bond donors (Lipinski definition) is 1. The van der Waals surface area contributed by atoms with Crippen LogP contribution in [0.15, 0.2) is 24.4 Å². The zero-order valence-electron chi connectivity index (χ0n) is 11.0. The number of carbonyl (C=O) groups excluding carboxylic acids is 1. The summed E-state index contributed by atoms with van der Waals surface area (Å²) in [4.78, 5) is 28.6. The predicted molar refractivity (Wildman–Crippen MR) is 78.8 cm³/mol. The molecule has 1 aliphatic heterocycles. The maximum Gasteiger partial charge on any atom is 0.328 e. The summed E-state index contributed by atoms with van der Waals surface area (Å²) < 4.78 is 0. The van der Waals surface area contributed by atoms with Crippen LogP contribution in [-0.2, 0) is 4.79 Å². The maximum atomic E-state index is 12.3. The van der Waals surface area contributed by atoms with Crippen LogP contribution >= 0.6 is 11.8 Å². The van der Waals surface area contributed by atoms with Gasteiger partial charge in [-0.1, -0.05) is 6.07 Å². The number of pyridine rings is 1. The summed E-state index contributed by atoms with van der Waals surface area (Å²) in [5.41, 5.74) is 1.07. The highest BCUT2D eigenvalue weighted by molar-refractivity contribution is 7.99. The lowest BCUT2D eigenvalue weighted by Crippen LogP contribution is -2.33. The van der Waals surface area contributed by atoms with E-state index >= 15 is 0 Å². The molecule has 1 fully saturated rings. The number of carboxylic acids is 1. The van der Waals surface area contributed by atoms with Crippen LogP contribution in [0.3, 0.4) is 0 Å². The third-order valence-electron chi connectivity index (χ3n) is 2.93. The first-order valence-corrected chi connectivity index (χ1v) is 7.56. The zero-order valence-corrected chi connectivity index (χ0v) is 11.8. The van der Waals surface area contributed by atoms with Gasteiger partial charge in [0.15, 0.2) is 0 Å². The summed E-state index contributed by atoms with van der Waals surface area (Å²) in [7, 11) is 0. The number of thioether (sulfide) groups is 1. The van der Waals surface area contributed by atoms with Gasteiger partial charge in [-0.2, -0.15) is 11.8 Å². The van der Waals surface area contributed by atoms with Crippen LogP contribution in [-0.4, -0.2) is 51.5 Å². The zero-order chi connectivity index (χ0) is 14.4. The van der Waals surface area contributed by atoms with Crippen LogP contribution in [0.25, 0.3) is 6.08 Å². The van der Waals surface area contributed by atoms with E-state index in [1.165, 1.54) is 12.3 Å². The molecule has 2 heterocycles. The highest BCUT2D eigenvalue weighted by Crippen LogP contribution is 2.13. The molecule has 1 aromatic heterocycles. The Labute approximate surface area is 121 Å². The third-order valence-corrected chi connectivity index (χ3v) is 3.98. The molecule has 1 N–H and O–H groups in total. The number of hydrogen-bond acceptors (Lipinski definition) is 4. The average molecular weight is 292 g/mol. The van der Waals surface area contributed by atoms with E-state index in [9.17, 15) is 9.59 Å². The first kappa shape index (κ1) is 14.6. The van der Waals surface area contributed by atoms with E-state index in [-0.39, 0.29) is 5.91 Å². The second kappa shape index (κ2) is 7.09. The molecule has 0 aromatic carbocycles. The van der Waals surface area contributed by atoms with E-state index in [1.54, 1.807) is 12.1 Å². The summed E-state index contributed by atoms with van der Waals surface area (Å²) in [6, 6.07) is 3.34. The molecule has 1 amide bonds. The summed E-state index contributed by atoms with van der Waals surface area (Å²) >= 11 is 1.86. The van der Waals surface area contributed by atoms with Crippen molar-refractivity contribution >= 4 is 29.7 Å². The van der Waals surface area contributed by atoms with Gasteiger partial charge in [-0.25, -0.2) is 4.79 Å². The van der Waals surface area contributed by atoms with Crippen molar-refractivity contribution in [2.45, 2.75) is 6.42 Å². The summed E-state index contributed by atoms with van der Waals surface area (Å²) in [5, 5.41) is 8.54. The fraction of sp³-hybridized carbons (Fsp3) is 0.357. The van der Waals surface area contributed by atoms with Crippen molar-refractivity contribution < 1.29 is 14.7 Å². The minimum absolute atomic E-state index is 0.0544. The quantitative estimate of drug-likeness (QED) is 0.860. The Hall–Kier alpha value is -1.82. The molecule has 1 aromatic rings. The highest BCUT2D eigenvalue weighted by Gasteiger charge is 2.18. The van der Waals surface area contributed by atoms with Crippen molar-refractivity contribution in [2.24, 2.45) is 0 Å². The molecule has 0 saturated carbocycles. The van der Waals surface area contributed by atoms with Gasteiger partial charge >= 0.3 is 5.97 Å². The van der Waals surface area contributed by atoms with Gasteiger partial charge in [0.25, 0.3) is 5.91 Å². The summed E-state index contributed by atoms with van der Waals surface area (Å²) in [6.45, 7) is 1.53. The van der Waals surface area contributed by atoms with E-state index in [0.29, 0.717) is 11.3 Å². The Morgan fingerprint density at radius 3 is 2.85 bits per heavy atom. The van der Waals surface area contributed by atoms with Gasteiger partial charge in [0, 0.05) is 31.1 Å². The number of aliphatic carboxylic acids is 1. The van der Waals surface area contributed by atoms with Crippen molar-refractivity contribution in [2.75, 3.05) is 24.6 Å². The number of aromatic nitrogens is 1. The van der Waals surface area contributed by atoms with Crippen molar-refractivity contribution in [1.82, 2.24) is 9.88 Å². The van der Waals surface area contributed by atoms with Gasteiger partial charge in [-0.3, -0.25) is 9.78 Å². The highest BCUT2D eigenvalue weighted by atomic mass is 32.2. The van der Waals surface area contributed by atoms with Crippen molar-refractivity contribution in [3.8, 4) is 0 Å². The molecular weight excluding hydrogens is 276 g/mol. The Bertz CT molecular complexity index is 506. The van der Waals surface area contributed by atoms with Crippen LogP contribution in [0.4, 0.5) is 0 Å². The van der Waals surface area contributed by atoms with E-state index in [0.717, 1.165) is 37.1 Å². The molecule has 0 atom stereocenters. The monoisotopic (exact) mass is 292 g/mol. The molecule has 6 heteroatoms. The third kappa shape index (κ3) is 4.09. The molecule has 1 aliphatic rings. The lowest BCUT2D eigenvalue weighted by Gasteiger charge is -2.19. The minimum atomic E-state index is -1.01. The number of carboxylic acid groups (broad SMARTS) is 1. The molecule has 106 valence electrons. The topological polar surface area (TPSA) is 70.5 Å². The molecule has 2 rings (SSSR count). The van der Waals surface area contributed by atoms with Gasteiger partial charge in [0.05, 0.1) is 0 Å². The van der Waals surface area contributed by atoms with Gasteiger partial charge in [-0.05, 0) is 29.9 Å². The van der Waals surface area contributed by atoms with Gasteiger partial charge < -0.3 is 10.0 Å². The van der Waals surface area contributed by atoms with Crippen LogP contribution in [0.5, 0.6) is 0 Å². The molecule has 0 radical (unpaired) electrons. The molecule has 5 nitrogen and oxygen atoms in total. The SMILES string of the molecule is O=C(O)C=Cc1ccc(C(=O)N2CCCSCC2)nc1. The van der Waals surface area contributed by atoms with E-state index in [2.05, 4.69) is 4.98 Å². The first-order valence-electron chi connectivity index (χ1n) is 6.41. The number of rotatable bonds is 3. The minimum Gasteiger partial charge on any atom is -0.478 e. The maximum absolute atomic E-state index is 12.3. The van der Waals surface area contributed by atoms with E-state index in [4.69, 9.17) is 5.11 Å². The van der Waals surface area contributed by atoms with E-state index in [1.807, 2.05) is 16.7 Å². The smallest absolute Gasteiger partial charge is 0.328 e. The Kier molecular flexibility index (Phi) is 5.17. The van der Waals surface area contributed by atoms with E-state index < -0.39 is 5.97 Å². The summed E-state index contributed by atoms with van der Waals surface area (Å²) in [5.74, 6) is 0.995. The predicted octanol–water partition coefficient (Wildman–Crippen LogP) is 1.76. The molecule has 20 heavy (non-hydrogen) atoms. The second-order valence-corrected chi connectivity index (χ2v) is 5.63. The molecule has 1 saturated heterocycles. The molecule has 0 bridgehead atoms.